The zero-order valence-corrected chi connectivity index (χ0v) is 9.29. The van der Waals surface area contributed by atoms with Gasteiger partial charge in [-0.05, 0) is 12.1 Å². The van der Waals surface area contributed by atoms with Gasteiger partial charge in [0.25, 0.3) is 5.91 Å². The van der Waals surface area contributed by atoms with Crippen molar-refractivity contribution in [3.8, 4) is 11.5 Å². The Morgan fingerprint density at radius 2 is 2.22 bits per heavy atom. The number of para-hydroxylation sites is 2. The number of aromatic nitrogens is 3. The van der Waals surface area contributed by atoms with Crippen LogP contribution < -0.4 is 14.8 Å². The van der Waals surface area contributed by atoms with Gasteiger partial charge < -0.3 is 9.47 Å². The van der Waals surface area contributed by atoms with Crippen LogP contribution in [0.4, 0.5) is 5.95 Å². The molecule has 2 heterocycles. The van der Waals surface area contributed by atoms with Crippen molar-refractivity contribution in [1.29, 1.82) is 0 Å². The molecule has 7 nitrogen and oxygen atoms in total. The zero-order valence-electron chi connectivity index (χ0n) is 9.29. The van der Waals surface area contributed by atoms with Gasteiger partial charge in [-0.25, -0.2) is 5.10 Å². The molecule has 0 fully saturated rings. The molecular formula is C11H10N4O3. The van der Waals surface area contributed by atoms with E-state index in [0.29, 0.717) is 11.5 Å². The molecule has 0 bridgehead atoms. The van der Waals surface area contributed by atoms with Crippen molar-refractivity contribution in [3.05, 3.63) is 30.6 Å². The molecule has 2 N–H and O–H groups in total. The molecule has 0 saturated carbocycles. The first-order valence-electron chi connectivity index (χ1n) is 5.37. The molecule has 18 heavy (non-hydrogen) atoms. The summed E-state index contributed by atoms with van der Waals surface area (Å²) in [5.74, 6) is 1.14. The first-order valence-corrected chi connectivity index (χ1v) is 5.37. The fraction of sp³-hybridized carbons (Fsp3) is 0.182. The number of amides is 1. The normalized spacial score (nSPS) is 17.2. The summed E-state index contributed by atoms with van der Waals surface area (Å²) in [6.45, 7) is 0.164. The maximum atomic E-state index is 11.9. The minimum Gasteiger partial charge on any atom is -0.485 e. The van der Waals surface area contributed by atoms with Crippen molar-refractivity contribution in [2.75, 3.05) is 11.9 Å². The molecule has 1 atom stereocenters. The summed E-state index contributed by atoms with van der Waals surface area (Å²) in [5, 5.41) is 8.72. The Morgan fingerprint density at radius 1 is 1.39 bits per heavy atom. The van der Waals surface area contributed by atoms with E-state index in [2.05, 4.69) is 20.5 Å². The van der Waals surface area contributed by atoms with E-state index in [1.165, 1.54) is 6.33 Å². The lowest BCUT2D eigenvalue weighted by Crippen LogP contribution is -2.40. The third kappa shape index (κ3) is 1.97. The number of aromatic amines is 1. The average molecular weight is 246 g/mol. The molecule has 1 unspecified atom stereocenters. The van der Waals surface area contributed by atoms with E-state index >= 15 is 0 Å². The minimum atomic E-state index is -0.704. The quantitative estimate of drug-likeness (QED) is 0.809. The van der Waals surface area contributed by atoms with E-state index in [-0.39, 0.29) is 18.5 Å². The molecule has 1 aromatic heterocycles. The predicted octanol–water partition coefficient (Wildman–Crippen LogP) is 0.583. The number of carbonyl (C=O) groups excluding carboxylic acids is 1. The van der Waals surface area contributed by atoms with Crippen LogP contribution in [-0.4, -0.2) is 33.8 Å². The Morgan fingerprint density at radius 3 is 3.00 bits per heavy atom. The van der Waals surface area contributed by atoms with Crippen molar-refractivity contribution in [2.45, 2.75) is 6.10 Å². The number of anilines is 1. The summed E-state index contributed by atoms with van der Waals surface area (Å²) in [6.07, 6.45) is 0.605. The SMILES string of the molecule is O=C(Nc1ncn[nH]1)C1COc2ccccc2O1. The summed E-state index contributed by atoms with van der Waals surface area (Å²) in [7, 11) is 0. The van der Waals surface area contributed by atoms with Crippen molar-refractivity contribution >= 4 is 11.9 Å². The Hall–Kier alpha value is -2.57. The topological polar surface area (TPSA) is 89.1 Å². The lowest BCUT2D eigenvalue weighted by atomic mass is 10.2. The third-order valence-electron chi connectivity index (χ3n) is 2.46. The van der Waals surface area contributed by atoms with Gasteiger partial charge in [-0.2, -0.15) is 10.1 Å². The van der Waals surface area contributed by atoms with Crippen LogP contribution in [0.25, 0.3) is 0 Å². The summed E-state index contributed by atoms with van der Waals surface area (Å²) in [4.78, 5) is 15.7. The van der Waals surface area contributed by atoms with Gasteiger partial charge in [0.15, 0.2) is 11.5 Å². The van der Waals surface area contributed by atoms with Gasteiger partial charge in [0.1, 0.15) is 12.9 Å². The smallest absolute Gasteiger partial charge is 0.271 e. The molecule has 92 valence electrons. The molecular weight excluding hydrogens is 236 g/mol. The van der Waals surface area contributed by atoms with Gasteiger partial charge in [-0.1, -0.05) is 12.1 Å². The van der Waals surface area contributed by atoms with Gasteiger partial charge in [0.2, 0.25) is 12.1 Å². The number of hydrogen-bond donors (Lipinski definition) is 2. The predicted molar refractivity (Wildman–Crippen MR) is 61.4 cm³/mol. The number of nitrogens with one attached hydrogen (secondary N) is 2. The van der Waals surface area contributed by atoms with Crippen LogP contribution in [0.3, 0.4) is 0 Å². The first-order chi connectivity index (χ1) is 8.83. The highest BCUT2D eigenvalue weighted by atomic mass is 16.6. The molecule has 0 aliphatic carbocycles. The van der Waals surface area contributed by atoms with E-state index in [9.17, 15) is 4.79 Å². The fourth-order valence-electron chi connectivity index (χ4n) is 1.61. The van der Waals surface area contributed by atoms with E-state index in [1.54, 1.807) is 12.1 Å². The van der Waals surface area contributed by atoms with Gasteiger partial charge in [-0.15, -0.1) is 0 Å². The zero-order chi connectivity index (χ0) is 12.4. The molecule has 0 saturated heterocycles. The number of fused-ring (bicyclic) bond motifs is 1. The molecule has 1 amide bonds. The number of ether oxygens (including phenoxy) is 2. The van der Waals surface area contributed by atoms with Crippen LogP contribution in [0.5, 0.6) is 11.5 Å². The number of benzene rings is 1. The van der Waals surface area contributed by atoms with Crippen LogP contribution in [0.1, 0.15) is 0 Å². The Bertz CT molecular complexity index is 555. The second kappa shape index (κ2) is 4.36. The monoisotopic (exact) mass is 246 g/mol. The molecule has 1 aliphatic rings. The molecule has 3 rings (SSSR count). The Labute approximate surface area is 102 Å². The van der Waals surface area contributed by atoms with E-state index in [1.807, 2.05) is 12.1 Å². The number of hydrogen-bond acceptors (Lipinski definition) is 5. The fourth-order valence-corrected chi connectivity index (χ4v) is 1.61. The highest BCUT2D eigenvalue weighted by Crippen LogP contribution is 2.30. The van der Waals surface area contributed by atoms with Crippen molar-refractivity contribution in [3.63, 3.8) is 0 Å². The lowest BCUT2D eigenvalue weighted by Gasteiger charge is -2.25. The molecule has 1 aromatic carbocycles. The summed E-state index contributed by atoms with van der Waals surface area (Å²) >= 11 is 0. The number of nitrogens with zero attached hydrogens (tertiary/aromatic N) is 2. The summed E-state index contributed by atoms with van der Waals surface area (Å²) in [6, 6.07) is 7.21. The van der Waals surface area contributed by atoms with E-state index < -0.39 is 6.10 Å². The lowest BCUT2D eigenvalue weighted by molar-refractivity contribution is -0.125. The minimum absolute atomic E-state index is 0.164. The van der Waals surface area contributed by atoms with Crippen molar-refractivity contribution in [2.24, 2.45) is 0 Å². The van der Waals surface area contributed by atoms with E-state index in [0.717, 1.165) is 0 Å². The highest BCUT2D eigenvalue weighted by molar-refractivity contribution is 5.93. The molecule has 2 aromatic rings. The first kappa shape index (κ1) is 10.6. The largest absolute Gasteiger partial charge is 0.485 e. The Kier molecular flexibility index (Phi) is 2.56. The summed E-state index contributed by atoms with van der Waals surface area (Å²) < 4.78 is 11.0. The molecule has 1 aliphatic heterocycles. The number of rotatable bonds is 2. The van der Waals surface area contributed by atoms with Crippen molar-refractivity contribution < 1.29 is 14.3 Å². The van der Waals surface area contributed by atoms with Crippen LogP contribution in [-0.2, 0) is 4.79 Å². The van der Waals surface area contributed by atoms with Gasteiger partial charge >= 0.3 is 0 Å². The van der Waals surface area contributed by atoms with Gasteiger partial charge in [0, 0.05) is 0 Å². The third-order valence-corrected chi connectivity index (χ3v) is 2.46. The number of carbonyl (C=O) groups is 1. The second-order valence-corrected chi connectivity index (χ2v) is 3.69. The van der Waals surface area contributed by atoms with Crippen molar-refractivity contribution in [1.82, 2.24) is 15.2 Å². The van der Waals surface area contributed by atoms with E-state index in [4.69, 9.17) is 9.47 Å². The second-order valence-electron chi connectivity index (χ2n) is 3.69. The number of H-pyrrole nitrogens is 1. The van der Waals surface area contributed by atoms with Crippen LogP contribution >= 0.6 is 0 Å². The summed E-state index contributed by atoms with van der Waals surface area (Å²) in [5.41, 5.74) is 0. The van der Waals surface area contributed by atoms with Gasteiger partial charge in [0.05, 0.1) is 0 Å². The molecule has 0 radical (unpaired) electrons. The van der Waals surface area contributed by atoms with Gasteiger partial charge in [-0.3, -0.25) is 10.1 Å². The Balaban J connectivity index is 1.70. The molecule has 7 heteroatoms. The van der Waals surface area contributed by atoms with Crippen LogP contribution in [0.15, 0.2) is 30.6 Å². The average Bonchev–Trinajstić information content (AvgIpc) is 2.91. The van der Waals surface area contributed by atoms with Crippen LogP contribution in [0, 0.1) is 0 Å². The highest BCUT2D eigenvalue weighted by Gasteiger charge is 2.27. The maximum absolute atomic E-state index is 11.9. The molecule has 0 spiro atoms. The van der Waals surface area contributed by atoms with Crippen LogP contribution in [0.2, 0.25) is 0 Å². The standard InChI is InChI=1S/C11H10N4O3/c16-10(14-11-12-6-13-15-11)9-5-17-7-3-1-2-4-8(7)18-9/h1-4,6,9H,5H2,(H2,12,13,14,15,16). The maximum Gasteiger partial charge on any atom is 0.271 e.